The molecule has 0 bridgehead atoms. The molecule has 2 saturated heterocycles. The molecule has 33 heavy (non-hydrogen) atoms. The van der Waals surface area contributed by atoms with Crippen LogP contribution < -0.4 is 11.4 Å². The fraction of sp³-hybridized carbons (Fsp3) is 0.444. The fourth-order valence-corrected chi connectivity index (χ4v) is 5.05. The summed E-state index contributed by atoms with van der Waals surface area (Å²) in [6.07, 6.45) is -6.17. The molecule has 0 unspecified atom stereocenters. The van der Waals surface area contributed by atoms with Crippen LogP contribution in [0.1, 0.15) is 24.3 Å². The third kappa shape index (κ3) is 4.80. The van der Waals surface area contributed by atoms with E-state index < -0.39 is 56.4 Å². The number of hydrogen-bond acceptors (Lipinski definition) is 9. The quantitative estimate of drug-likeness (QED) is 0.581. The second-order valence-corrected chi connectivity index (χ2v) is 9.34. The maximum Gasteiger partial charge on any atom is 0.475 e. The number of nitrogens with two attached hydrogens (primary N) is 1. The van der Waals surface area contributed by atoms with E-state index in [1.807, 2.05) is 0 Å². The van der Waals surface area contributed by atoms with Crippen LogP contribution in [0.2, 0.25) is 5.02 Å². The Labute approximate surface area is 189 Å². The molecule has 2 aliphatic heterocycles. The molecular formula is C18H18ClF3N3O7P. The minimum Gasteiger partial charge on any atom is -0.384 e. The maximum atomic E-state index is 14.6. The van der Waals surface area contributed by atoms with Gasteiger partial charge in [-0.2, -0.15) is 13.8 Å². The summed E-state index contributed by atoms with van der Waals surface area (Å²) < 4.78 is 76.8. The van der Waals surface area contributed by atoms with Gasteiger partial charge in [0.1, 0.15) is 17.7 Å². The van der Waals surface area contributed by atoms with Gasteiger partial charge in [0.05, 0.1) is 19.3 Å². The monoisotopic (exact) mass is 511 g/mol. The summed E-state index contributed by atoms with van der Waals surface area (Å²) >= 11 is 6.06. The molecule has 3 N–H and O–H groups in total. The number of alkyl halides is 2. The van der Waals surface area contributed by atoms with Gasteiger partial charge in [-0.15, -0.1) is 0 Å². The molecule has 10 nitrogen and oxygen atoms in total. The van der Waals surface area contributed by atoms with Gasteiger partial charge in [-0.05, 0) is 24.3 Å². The molecule has 5 atom stereocenters. The lowest BCUT2D eigenvalue weighted by atomic mass is 10.1. The molecule has 2 fully saturated rings. The summed E-state index contributed by atoms with van der Waals surface area (Å²) in [6.45, 7) is -0.945. The smallest absolute Gasteiger partial charge is 0.384 e. The number of aliphatic hydroxyl groups is 1. The van der Waals surface area contributed by atoms with E-state index in [9.17, 15) is 27.6 Å². The van der Waals surface area contributed by atoms with E-state index in [0.29, 0.717) is 4.57 Å². The minimum atomic E-state index is -4.31. The van der Waals surface area contributed by atoms with Gasteiger partial charge < -0.3 is 15.6 Å². The molecule has 0 amide bonds. The summed E-state index contributed by atoms with van der Waals surface area (Å²) in [7, 11) is -4.31. The molecule has 0 saturated carbocycles. The van der Waals surface area contributed by atoms with Crippen molar-refractivity contribution in [3.05, 3.63) is 57.3 Å². The van der Waals surface area contributed by atoms with E-state index in [0.717, 1.165) is 24.4 Å². The van der Waals surface area contributed by atoms with Gasteiger partial charge in [-0.1, -0.05) is 11.6 Å². The van der Waals surface area contributed by atoms with Crippen molar-refractivity contribution < 1.29 is 41.2 Å². The first kappa shape index (κ1) is 24.1. The van der Waals surface area contributed by atoms with Gasteiger partial charge in [-0.25, -0.2) is 13.8 Å². The SMILES string of the molecule is Nc1ccn([C@@H]2O[C@H](CO[P@]3(=O)OCC[C@H](c4cc(F)ccc4Cl)O3)[C@@H](O)C2(F)F)c(=O)n1. The van der Waals surface area contributed by atoms with E-state index in [1.165, 1.54) is 6.07 Å². The maximum absolute atomic E-state index is 14.6. The van der Waals surface area contributed by atoms with Gasteiger partial charge in [0, 0.05) is 23.2 Å². The standard InChI is InChI=1S/C18H18ClF3N3O7P/c19-11-2-1-9(20)7-10(11)12-4-6-29-33(28,32-12)30-8-13-15(26)18(21,22)16(31-13)25-5-3-14(23)24-17(25)27/h1-3,5,7,12-13,15-16,26H,4,6,8H2,(H2,23,24,27)/t12-,13-,15-,16-,33+/m1/s1. The fourth-order valence-electron chi connectivity index (χ4n) is 3.43. The molecule has 180 valence electrons. The van der Waals surface area contributed by atoms with Gasteiger partial charge >= 0.3 is 19.4 Å². The van der Waals surface area contributed by atoms with Crippen molar-refractivity contribution in [3.63, 3.8) is 0 Å². The number of benzene rings is 1. The first-order valence-electron chi connectivity index (χ1n) is 9.58. The van der Waals surface area contributed by atoms with Crippen molar-refractivity contribution >= 4 is 25.2 Å². The van der Waals surface area contributed by atoms with Crippen molar-refractivity contribution in [2.45, 2.75) is 36.9 Å². The largest absolute Gasteiger partial charge is 0.475 e. The van der Waals surface area contributed by atoms with Crippen molar-refractivity contribution in [2.75, 3.05) is 18.9 Å². The third-order valence-electron chi connectivity index (χ3n) is 5.07. The average Bonchev–Trinajstić information content (AvgIpc) is 2.97. The Kier molecular flexibility index (Phi) is 6.58. The second kappa shape index (κ2) is 8.99. The topological polar surface area (TPSA) is 135 Å². The molecule has 1 aromatic heterocycles. The van der Waals surface area contributed by atoms with Crippen molar-refractivity contribution in [2.24, 2.45) is 0 Å². The van der Waals surface area contributed by atoms with Crippen molar-refractivity contribution in [1.82, 2.24) is 9.55 Å². The number of ether oxygens (including phenoxy) is 1. The lowest BCUT2D eigenvalue weighted by molar-refractivity contribution is -0.140. The van der Waals surface area contributed by atoms with E-state index in [2.05, 4.69) is 4.98 Å². The molecule has 15 heteroatoms. The summed E-state index contributed by atoms with van der Waals surface area (Å²) in [4.78, 5) is 15.3. The second-order valence-electron chi connectivity index (χ2n) is 7.31. The predicted molar refractivity (Wildman–Crippen MR) is 107 cm³/mol. The molecule has 1 aromatic carbocycles. The lowest BCUT2D eigenvalue weighted by Gasteiger charge is -2.30. The normalized spacial score (nSPS) is 31.5. The number of hydrogen-bond donors (Lipinski definition) is 2. The van der Waals surface area contributed by atoms with Crippen LogP contribution in [0.5, 0.6) is 0 Å². The van der Waals surface area contributed by atoms with Crippen LogP contribution in [0.3, 0.4) is 0 Å². The predicted octanol–water partition coefficient (Wildman–Crippen LogP) is 2.81. The van der Waals surface area contributed by atoms with Gasteiger partial charge in [0.25, 0.3) is 0 Å². The molecule has 2 aromatic rings. The van der Waals surface area contributed by atoms with E-state index in [4.69, 9.17) is 35.6 Å². The summed E-state index contributed by atoms with van der Waals surface area (Å²) in [6, 6.07) is 4.65. The van der Waals surface area contributed by atoms with Crippen LogP contribution >= 0.6 is 19.4 Å². The summed E-state index contributed by atoms with van der Waals surface area (Å²) in [5.74, 6) is -4.70. The average molecular weight is 512 g/mol. The van der Waals surface area contributed by atoms with E-state index in [-0.39, 0.29) is 29.4 Å². The van der Waals surface area contributed by atoms with E-state index >= 15 is 0 Å². The Hall–Kier alpha value is -1.99. The van der Waals surface area contributed by atoms with Crippen LogP contribution in [-0.4, -0.2) is 46.0 Å². The molecule has 0 spiro atoms. The Morgan fingerprint density at radius 2 is 2.15 bits per heavy atom. The molecular weight excluding hydrogens is 494 g/mol. The van der Waals surface area contributed by atoms with Crippen LogP contribution in [0.4, 0.5) is 19.0 Å². The van der Waals surface area contributed by atoms with Crippen LogP contribution in [0, 0.1) is 5.82 Å². The Bertz CT molecular complexity index is 1150. The van der Waals surface area contributed by atoms with Crippen LogP contribution in [-0.2, 0) is 22.9 Å². The first-order valence-corrected chi connectivity index (χ1v) is 11.4. The molecule has 0 aliphatic carbocycles. The number of anilines is 1. The number of nitrogens with zero attached hydrogens (tertiary/aromatic N) is 2. The molecule has 4 rings (SSSR count). The Balaban J connectivity index is 1.47. The van der Waals surface area contributed by atoms with Crippen molar-refractivity contribution in [1.29, 1.82) is 0 Å². The number of aliphatic hydroxyl groups excluding tert-OH is 1. The minimum absolute atomic E-state index is 0.117. The Morgan fingerprint density at radius 1 is 1.39 bits per heavy atom. The van der Waals surface area contributed by atoms with Gasteiger partial charge in [0.2, 0.25) is 6.23 Å². The first-order chi connectivity index (χ1) is 15.5. The van der Waals surface area contributed by atoms with Crippen LogP contribution in [0.25, 0.3) is 0 Å². The highest BCUT2D eigenvalue weighted by molar-refractivity contribution is 7.48. The van der Waals surface area contributed by atoms with Gasteiger partial charge in [-0.3, -0.25) is 18.1 Å². The summed E-state index contributed by atoms with van der Waals surface area (Å²) in [5, 5.41) is 10.2. The molecule has 3 heterocycles. The number of halogens is 4. The third-order valence-corrected chi connectivity index (χ3v) is 6.89. The highest BCUT2D eigenvalue weighted by atomic mass is 35.5. The van der Waals surface area contributed by atoms with E-state index in [1.54, 1.807) is 0 Å². The van der Waals surface area contributed by atoms with Crippen molar-refractivity contribution in [3.8, 4) is 0 Å². The number of phosphoric ester groups is 1. The molecule has 2 aliphatic rings. The number of nitrogen functional groups attached to an aromatic ring is 1. The zero-order valence-corrected chi connectivity index (χ0v) is 18.3. The molecule has 0 radical (unpaired) electrons. The lowest BCUT2D eigenvalue weighted by Crippen LogP contribution is -2.42. The highest BCUT2D eigenvalue weighted by Gasteiger charge is 2.60. The number of phosphoric acid groups is 1. The highest BCUT2D eigenvalue weighted by Crippen LogP contribution is 2.58. The zero-order chi connectivity index (χ0) is 24.0. The number of rotatable bonds is 5. The summed E-state index contributed by atoms with van der Waals surface area (Å²) in [5.41, 5.74) is 4.45. The van der Waals surface area contributed by atoms with Crippen LogP contribution in [0.15, 0.2) is 35.3 Å². The van der Waals surface area contributed by atoms with Gasteiger partial charge in [0.15, 0.2) is 6.10 Å². The number of aromatic nitrogens is 2. The Morgan fingerprint density at radius 3 is 2.88 bits per heavy atom. The zero-order valence-electron chi connectivity index (χ0n) is 16.6.